The Morgan fingerprint density at radius 2 is 2.30 bits per heavy atom. The molecule has 54 valence electrons. The summed E-state index contributed by atoms with van der Waals surface area (Å²) in [6.45, 7) is 1.75. The summed E-state index contributed by atoms with van der Waals surface area (Å²) in [5.74, 6) is -0.484. The molecule has 4 heteroatoms. The van der Waals surface area contributed by atoms with Gasteiger partial charge < -0.3 is 0 Å². The fourth-order valence-corrected chi connectivity index (χ4v) is 1.07. The van der Waals surface area contributed by atoms with Crippen molar-refractivity contribution in [2.24, 2.45) is 0 Å². The molecule has 0 spiro atoms. The molecule has 1 nitrogen and oxygen atoms in total. The van der Waals surface area contributed by atoms with Gasteiger partial charge in [-0.1, -0.05) is 11.6 Å². The summed E-state index contributed by atoms with van der Waals surface area (Å²) in [6, 6.07) is 1.33. The molecule has 0 aliphatic heterocycles. The third kappa shape index (κ3) is 1.47. The van der Waals surface area contributed by atoms with E-state index in [4.69, 9.17) is 11.6 Å². The van der Waals surface area contributed by atoms with Crippen LogP contribution in [0.2, 0.25) is 5.15 Å². The van der Waals surface area contributed by atoms with E-state index in [0.717, 1.165) is 5.56 Å². The quantitative estimate of drug-likeness (QED) is 0.618. The van der Waals surface area contributed by atoms with Gasteiger partial charge in [0.15, 0.2) is 11.0 Å². The molecule has 0 saturated carbocycles. The monoisotopic (exact) mass is 223 g/mol. The summed E-state index contributed by atoms with van der Waals surface area (Å²) < 4.78 is 13.1. The van der Waals surface area contributed by atoms with Crippen LogP contribution in [0.1, 0.15) is 5.56 Å². The van der Waals surface area contributed by atoms with Crippen LogP contribution in [0.3, 0.4) is 0 Å². The summed E-state index contributed by atoms with van der Waals surface area (Å²) >= 11 is 8.49. The number of halogens is 3. The van der Waals surface area contributed by atoms with Crippen LogP contribution < -0.4 is 0 Å². The first-order valence-corrected chi connectivity index (χ1v) is 3.76. The lowest BCUT2D eigenvalue weighted by molar-refractivity contribution is 0.619. The zero-order valence-corrected chi connectivity index (χ0v) is 7.50. The molecule has 0 saturated heterocycles. The van der Waals surface area contributed by atoms with Crippen molar-refractivity contribution in [2.45, 2.75) is 6.92 Å². The second kappa shape index (κ2) is 2.84. The second-order valence-corrected chi connectivity index (χ2v) is 2.98. The maximum absolute atomic E-state index is 12.5. The van der Waals surface area contributed by atoms with Gasteiger partial charge in [-0.15, -0.1) is 0 Å². The van der Waals surface area contributed by atoms with E-state index in [-0.39, 0.29) is 5.15 Å². The van der Waals surface area contributed by atoms with Crippen molar-refractivity contribution >= 4 is 27.5 Å². The normalized spacial score (nSPS) is 10.0. The lowest BCUT2D eigenvalue weighted by Gasteiger charge is -1.97. The summed E-state index contributed by atoms with van der Waals surface area (Å²) in [5.41, 5.74) is 0.738. The predicted octanol–water partition coefficient (Wildman–Crippen LogP) is 2.95. The largest absolute Gasteiger partial charge is 0.226 e. The van der Waals surface area contributed by atoms with E-state index in [1.165, 1.54) is 6.07 Å². The maximum atomic E-state index is 12.5. The van der Waals surface area contributed by atoms with E-state index < -0.39 is 5.82 Å². The molecule has 0 radical (unpaired) electrons. The number of rotatable bonds is 0. The van der Waals surface area contributed by atoms with E-state index in [0.29, 0.717) is 4.60 Å². The molecule has 0 aromatic carbocycles. The Kier molecular flexibility index (Phi) is 2.26. The Bertz CT molecular complexity index is 214. The first-order chi connectivity index (χ1) is 4.61. The van der Waals surface area contributed by atoms with Gasteiger partial charge in [-0.05, 0) is 34.5 Å². The van der Waals surface area contributed by atoms with Crippen LogP contribution in [0.25, 0.3) is 0 Å². The smallest absolute Gasteiger partial charge is 0.165 e. The van der Waals surface area contributed by atoms with Gasteiger partial charge in [-0.25, -0.2) is 9.37 Å². The summed E-state index contributed by atoms with van der Waals surface area (Å²) in [5, 5.41) is -0.0996. The molecular weight excluding hydrogens is 220 g/mol. The van der Waals surface area contributed by atoms with Crippen molar-refractivity contribution < 1.29 is 4.39 Å². The molecule has 1 rings (SSSR count). The number of nitrogens with zero attached hydrogens (tertiary/aromatic N) is 1. The van der Waals surface area contributed by atoms with Crippen LogP contribution in [0.5, 0.6) is 0 Å². The van der Waals surface area contributed by atoms with Crippen LogP contribution in [-0.4, -0.2) is 4.98 Å². The minimum Gasteiger partial charge on any atom is -0.226 e. The van der Waals surface area contributed by atoms with Gasteiger partial charge >= 0.3 is 0 Å². The number of aromatic nitrogens is 1. The van der Waals surface area contributed by atoms with Crippen molar-refractivity contribution in [3.05, 3.63) is 27.2 Å². The predicted molar refractivity (Wildman–Crippen MR) is 41.6 cm³/mol. The fraction of sp³-hybridized carbons (Fsp3) is 0.167. The van der Waals surface area contributed by atoms with E-state index >= 15 is 0 Å². The van der Waals surface area contributed by atoms with Gasteiger partial charge in [0.2, 0.25) is 0 Å². The van der Waals surface area contributed by atoms with Crippen LogP contribution >= 0.6 is 27.5 Å². The Morgan fingerprint density at radius 3 is 2.80 bits per heavy atom. The van der Waals surface area contributed by atoms with E-state index in [9.17, 15) is 4.39 Å². The molecule has 1 aromatic rings. The van der Waals surface area contributed by atoms with Crippen molar-refractivity contribution in [2.75, 3.05) is 0 Å². The highest BCUT2D eigenvalue weighted by Crippen LogP contribution is 2.19. The highest BCUT2D eigenvalue weighted by molar-refractivity contribution is 9.10. The van der Waals surface area contributed by atoms with E-state index in [1.54, 1.807) is 6.92 Å². The van der Waals surface area contributed by atoms with Crippen LogP contribution in [0.15, 0.2) is 10.7 Å². The molecule has 10 heavy (non-hydrogen) atoms. The number of pyridine rings is 1. The minimum absolute atomic E-state index is 0.0996. The van der Waals surface area contributed by atoms with Crippen LogP contribution in [-0.2, 0) is 0 Å². The summed E-state index contributed by atoms with van der Waals surface area (Å²) in [7, 11) is 0. The molecule has 0 atom stereocenters. The minimum atomic E-state index is -0.484. The number of aryl methyl sites for hydroxylation is 1. The molecule has 0 fully saturated rings. The van der Waals surface area contributed by atoms with E-state index in [1.807, 2.05) is 0 Å². The zero-order valence-electron chi connectivity index (χ0n) is 5.16. The highest BCUT2D eigenvalue weighted by atomic mass is 79.9. The fourth-order valence-electron chi connectivity index (χ4n) is 0.537. The SMILES string of the molecule is Cc1cc(F)c(Cl)nc1Br. The van der Waals surface area contributed by atoms with E-state index in [2.05, 4.69) is 20.9 Å². The van der Waals surface area contributed by atoms with Crippen molar-refractivity contribution in [1.82, 2.24) is 4.98 Å². The second-order valence-electron chi connectivity index (χ2n) is 1.87. The number of hydrogen-bond acceptors (Lipinski definition) is 1. The van der Waals surface area contributed by atoms with Gasteiger partial charge in [-0.2, -0.15) is 0 Å². The molecular formula is C6H4BrClFN. The molecule has 0 amide bonds. The molecule has 0 unspecified atom stereocenters. The van der Waals surface area contributed by atoms with Crippen molar-refractivity contribution in [3.63, 3.8) is 0 Å². The van der Waals surface area contributed by atoms with Gasteiger partial charge in [0.25, 0.3) is 0 Å². The van der Waals surface area contributed by atoms with Gasteiger partial charge in [0.1, 0.15) is 4.60 Å². The summed E-state index contributed by atoms with van der Waals surface area (Å²) in [4.78, 5) is 3.68. The van der Waals surface area contributed by atoms with Gasteiger partial charge in [0.05, 0.1) is 0 Å². The molecule has 0 aliphatic carbocycles. The Hall–Kier alpha value is -0.150. The third-order valence-electron chi connectivity index (χ3n) is 1.06. The average molecular weight is 224 g/mol. The lowest BCUT2D eigenvalue weighted by atomic mass is 10.3. The summed E-state index contributed by atoms with van der Waals surface area (Å²) in [6.07, 6.45) is 0. The topological polar surface area (TPSA) is 12.9 Å². The number of hydrogen-bond donors (Lipinski definition) is 0. The molecule has 0 bridgehead atoms. The standard InChI is InChI=1S/C6H4BrClFN/c1-3-2-4(9)6(8)10-5(3)7/h2H,1H3. The molecule has 0 aliphatic rings. The lowest BCUT2D eigenvalue weighted by Crippen LogP contribution is -1.86. The van der Waals surface area contributed by atoms with Gasteiger partial charge in [0, 0.05) is 0 Å². The Labute approximate surface area is 71.4 Å². The van der Waals surface area contributed by atoms with Crippen molar-refractivity contribution in [1.29, 1.82) is 0 Å². The first-order valence-electron chi connectivity index (χ1n) is 2.59. The van der Waals surface area contributed by atoms with Crippen molar-refractivity contribution in [3.8, 4) is 0 Å². The van der Waals surface area contributed by atoms with Gasteiger partial charge in [-0.3, -0.25) is 0 Å². The zero-order chi connectivity index (χ0) is 7.72. The Morgan fingerprint density at radius 1 is 1.70 bits per heavy atom. The maximum Gasteiger partial charge on any atom is 0.165 e. The molecule has 1 heterocycles. The Balaban J connectivity index is 3.28. The van der Waals surface area contributed by atoms with Crippen LogP contribution in [0, 0.1) is 12.7 Å². The third-order valence-corrected chi connectivity index (χ3v) is 2.13. The highest BCUT2D eigenvalue weighted by Gasteiger charge is 2.03. The first kappa shape index (κ1) is 7.95. The molecule has 0 N–H and O–H groups in total. The molecule has 1 aromatic heterocycles. The average Bonchev–Trinajstić information content (AvgIpc) is 1.84. The van der Waals surface area contributed by atoms with Crippen LogP contribution in [0.4, 0.5) is 4.39 Å².